The van der Waals surface area contributed by atoms with E-state index in [2.05, 4.69) is 24.1 Å². The highest BCUT2D eigenvalue weighted by Crippen LogP contribution is 2.40. The smallest absolute Gasteiger partial charge is 0.246 e. The summed E-state index contributed by atoms with van der Waals surface area (Å²) in [7, 11) is 0. The lowest BCUT2D eigenvalue weighted by Gasteiger charge is -2.29. The highest BCUT2D eigenvalue weighted by molar-refractivity contribution is 5.95. The summed E-state index contributed by atoms with van der Waals surface area (Å²) in [5.41, 5.74) is 1.68. The number of fused-ring (bicyclic) bond motifs is 1. The van der Waals surface area contributed by atoms with E-state index in [1.165, 1.54) is 0 Å². The molecule has 0 aromatic heterocycles. The fourth-order valence-corrected chi connectivity index (χ4v) is 3.26. The lowest BCUT2D eigenvalue weighted by atomic mass is 10.0. The van der Waals surface area contributed by atoms with Gasteiger partial charge in [0.05, 0.1) is 0 Å². The Kier molecular flexibility index (Phi) is 5.18. The molecule has 5 nitrogen and oxygen atoms in total. The highest BCUT2D eigenvalue weighted by Gasteiger charge is 2.32. The largest absolute Gasteiger partial charge is 0.449 e. The first-order valence-electron chi connectivity index (χ1n) is 9.05. The number of likely N-dealkylation sites (N-methyl/N-ethyl adjacent to an activating group) is 1. The van der Waals surface area contributed by atoms with E-state index in [-0.39, 0.29) is 11.9 Å². The molecule has 0 saturated carbocycles. The van der Waals surface area contributed by atoms with Gasteiger partial charge in [0.15, 0.2) is 11.5 Å². The Bertz CT molecular complexity index is 770. The van der Waals surface area contributed by atoms with Crippen molar-refractivity contribution in [2.45, 2.75) is 39.5 Å². The molecule has 3 rings (SSSR count). The van der Waals surface area contributed by atoms with Crippen LogP contribution in [0.2, 0.25) is 0 Å². The predicted octanol–water partition coefficient (Wildman–Crippen LogP) is 4.22. The van der Waals surface area contributed by atoms with Crippen molar-refractivity contribution in [1.29, 1.82) is 0 Å². The molecular formula is C21H26N2O3. The Balaban J connectivity index is 1.83. The van der Waals surface area contributed by atoms with Crippen LogP contribution >= 0.6 is 0 Å². The molecule has 0 spiro atoms. The summed E-state index contributed by atoms with van der Waals surface area (Å²) in [6, 6.07) is 15.0. The Morgan fingerprint density at radius 2 is 1.69 bits per heavy atom. The summed E-state index contributed by atoms with van der Waals surface area (Å²) in [4.78, 5) is 15.2. The van der Waals surface area contributed by atoms with Gasteiger partial charge >= 0.3 is 0 Å². The van der Waals surface area contributed by atoms with E-state index in [0.717, 1.165) is 18.7 Å². The molecular weight excluding hydrogens is 328 g/mol. The van der Waals surface area contributed by atoms with Crippen molar-refractivity contribution in [1.82, 2.24) is 4.90 Å². The first-order chi connectivity index (χ1) is 12.4. The number of benzene rings is 2. The van der Waals surface area contributed by atoms with Crippen molar-refractivity contribution in [2.75, 3.05) is 18.4 Å². The monoisotopic (exact) mass is 354 g/mol. The van der Waals surface area contributed by atoms with E-state index in [4.69, 9.17) is 9.47 Å². The number of carbonyl (C=O) groups excluding carboxylic acids is 1. The van der Waals surface area contributed by atoms with Gasteiger partial charge in [0.1, 0.15) is 6.04 Å². The van der Waals surface area contributed by atoms with Crippen LogP contribution in [0.5, 0.6) is 11.5 Å². The van der Waals surface area contributed by atoms with Crippen molar-refractivity contribution in [3.05, 3.63) is 54.1 Å². The average Bonchev–Trinajstić information content (AvgIpc) is 2.93. The van der Waals surface area contributed by atoms with Crippen molar-refractivity contribution >= 4 is 11.6 Å². The second kappa shape index (κ2) is 7.38. The Hall–Kier alpha value is -2.53. The molecule has 0 bridgehead atoms. The van der Waals surface area contributed by atoms with Crippen molar-refractivity contribution in [3.63, 3.8) is 0 Å². The zero-order valence-electron chi connectivity index (χ0n) is 15.8. The molecule has 1 aliphatic rings. The van der Waals surface area contributed by atoms with E-state index >= 15 is 0 Å². The van der Waals surface area contributed by atoms with E-state index < -0.39 is 5.79 Å². The van der Waals surface area contributed by atoms with Gasteiger partial charge in [0, 0.05) is 25.6 Å². The van der Waals surface area contributed by atoms with Crippen LogP contribution in [0.1, 0.15) is 39.3 Å². The molecule has 0 fully saturated rings. The number of ether oxygens (including phenoxy) is 2. The third-order valence-electron chi connectivity index (χ3n) is 4.46. The molecule has 1 amide bonds. The summed E-state index contributed by atoms with van der Waals surface area (Å²) in [6.45, 7) is 9.43. The number of hydrogen-bond donors (Lipinski definition) is 1. The minimum atomic E-state index is -0.682. The van der Waals surface area contributed by atoms with Gasteiger partial charge < -0.3 is 14.8 Å². The molecule has 1 aliphatic heterocycles. The summed E-state index contributed by atoms with van der Waals surface area (Å²) in [5.74, 6) is 0.597. The summed E-state index contributed by atoms with van der Waals surface area (Å²) < 4.78 is 11.5. The second-order valence-corrected chi connectivity index (χ2v) is 6.79. The van der Waals surface area contributed by atoms with Crippen molar-refractivity contribution in [2.24, 2.45) is 0 Å². The van der Waals surface area contributed by atoms with E-state index in [0.29, 0.717) is 17.2 Å². The zero-order chi connectivity index (χ0) is 18.7. The maximum atomic E-state index is 13.1. The van der Waals surface area contributed by atoms with Gasteiger partial charge in [-0.2, -0.15) is 0 Å². The predicted molar refractivity (Wildman–Crippen MR) is 103 cm³/mol. The standard InChI is InChI=1S/C21H26N2O3/c1-5-23(6-2)19(15-10-8-7-9-11-15)20(24)22-16-12-13-17-18(14-16)26-21(3,4)25-17/h7-14,19H,5-6H2,1-4H3,(H,22,24). The van der Waals surface area contributed by atoms with Crippen LogP contribution in [0.3, 0.4) is 0 Å². The Morgan fingerprint density at radius 1 is 1.04 bits per heavy atom. The van der Waals surface area contributed by atoms with Gasteiger partial charge in [0.2, 0.25) is 11.7 Å². The van der Waals surface area contributed by atoms with Crippen LogP contribution in [-0.4, -0.2) is 29.7 Å². The first-order valence-corrected chi connectivity index (χ1v) is 9.05. The molecule has 2 aromatic rings. The lowest BCUT2D eigenvalue weighted by Crippen LogP contribution is -2.37. The third kappa shape index (κ3) is 3.83. The molecule has 1 N–H and O–H groups in total. The number of carbonyl (C=O) groups is 1. The number of rotatable bonds is 6. The summed E-state index contributed by atoms with van der Waals surface area (Å²) in [6.07, 6.45) is 0. The molecule has 2 aromatic carbocycles. The van der Waals surface area contributed by atoms with Gasteiger partial charge in [0.25, 0.3) is 0 Å². The molecule has 1 atom stereocenters. The number of nitrogens with zero attached hydrogens (tertiary/aromatic N) is 1. The molecule has 1 unspecified atom stereocenters. The number of hydrogen-bond acceptors (Lipinski definition) is 4. The number of nitrogens with one attached hydrogen (secondary N) is 1. The molecule has 0 aliphatic carbocycles. The van der Waals surface area contributed by atoms with Crippen LogP contribution in [-0.2, 0) is 4.79 Å². The molecule has 0 radical (unpaired) electrons. The maximum Gasteiger partial charge on any atom is 0.246 e. The van der Waals surface area contributed by atoms with Crippen molar-refractivity contribution < 1.29 is 14.3 Å². The van der Waals surface area contributed by atoms with Gasteiger partial charge in [-0.15, -0.1) is 0 Å². The average molecular weight is 354 g/mol. The van der Waals surface area contributed by atoms with Crippen LogP contribution in [0.4, 0.5) is 5.69 Å². The van der Waals surface area contributed by atoms with E-state index in [9.17, 15) is 4.79 Å². The van der Waals surface area contributed by atoms with Crippen LogP contribution in [0, 0.1) is 0 Å². The Morgan fingerprint density at radius 3 is 2.35 bits per heavy atom. The quantitative estimate of drug-likeness (QED) is 0.844. The van der Waals surface area contributed by atoms with Gasteiger partial charge in [-0.25, -0.2) is 0 Å². The number of anilines is 1. The minimum Gasteiger partial charge on any atom is -0.449 e. The van der Waals surface area contributed by atoms with Gasteiger partial charge in [-0.1, -0.05) is 44.2 Å². The van der Waals surface area contributed by atoms with Crippen LogP contribution in [0.15, 0.2) is 48.5 Å². The highest BCUT2D eigenvalue weighted by atomic mass is 16.7. The van der Waals surface area contributed by atoms with Gasteiger partial charge in [-0.3, -0.25) is 9.69 Å². The zero-order valence-corrected chi connectivity index (χ0v) is 15.8. The van der Waals surface area contributed by atoms with Crippen LogP contribution < -0.4 is 14.8 Å². The normalized spacial score (nSPS) is 15.7. The van der Waals surface area contributed by atoms with Crippen molar-refractivity contribution in [3.8, 4) is 11.5 Å². The molecule has 26 heavy (non-hydrogen) atoms. The van der Waals surface area contributed by atoms with Gasteiger partial charge in [-0.05, 0) is 30.8 Å². The first kappa shape index (κ1) is 18.3. The van der Waals surface area contributed by atoms with Crippen LogP contribution in [0.25, 0.3) is 0 Å². The van der Waals surface area contributed by atoms with E-state index in [1.54, 1.807) is 0 Å². The topological polar surface area (TPSA) is 50.8 Å². The minimum absolute atomic E-state index is 0.0574. The Labute approximate surface area is 154 Å². The second-order valence-electron chi connectivity index (χ2n) is 6.79. The maximum absolute atomic E-state index is 13.1. The fourth-order valence-electron chi connectivity index (χ4n) is 3.26. The lowest BCUT2D eigenvalue weighted by molar-refractivity contribution is -0.121. The third-order valence-corrected chi connectivity index (χ3v) is 4.46. The molecule has 5 heteroatoms. The molecule has 138 valence electrons. The molecule has 1 heterocycles. The SMILES string of the molecule is CCN(CC)C(C(=O)Nc1ccc2c(c1)OC(C)(C)O2)c1ccccc1. The summed E-state index contributed by atoms with van der Waals surface area (Å²) in [5, 5.41) is 3.03. The number of amides is 1. The fraction of sp³-hybridized carbons (Fsp3) is 0.381. The van der Waals surface area contributed by atoms with E-state index in [1.807, 2.05) is 62.4 Å². The molecule has 0 saturated heterocycles. The summed E-state index contributed by atoms with van der Waals surface area (Å²) >= 11 is 0.